The van der Waals surface area contributed by atoms with Crippen LogP contribution in [0.1, 0.15) is 36.1 Å². The summed E-state index contributed by atoms with van der Waals surface area (Å²) in [6, 6.07) is 8.82. The molecule has 0 aliphatic carbocycles. The number of amides is 1. The van der Waals surface area contributed by atoms with Crippen molar-refractivity contribution in [2.45, 2.75) is 32.5 Å². The number of furan rings is 1. The van der Waals surface area contributed by atoms with Crippen LogP contribution in [0.15, 0.2) is 40.8 Å². The highest BCUT2D eigenvalue weighted by molar-refractivity contribution is 5.91. The Morgan fingerprint density at radius 1 is 1.30 bits per heavy atom. The van der Waals surface area contributed by atoms with Crippen LogP contribution in [0.25, 0.3) is 0 Å². The Morgan fingerprint density at radius 3 is 2.74 bits per heavy atom. The van der Waals surface area contributed by atoms with Gasteiger partial charge in [-0.25, -0.2) is 4.39 Å². The van der Waals surface area contributed by atoms with Gasteiger partial charge in [0.1, 0.15) is 23.9 Å². The maximum atomic E-state index is 12.8. The van der Waals surface area contributed by atoms with Gasteiger partial charge in [-0.05, 0) is 42.8 Å². The van der Waals surface area contributed by atoms with Gasteiger partial charge in [-0.2, -0.15) is 0 Å². The average Bonchev–Trinajstić information content (AvgIpc) is 3.01. The van der Waals surface area contributed by atoms with Crippen LogP contribution in [0.5, 0.6) is 5.75 Å². The van der Waals surface area contributed by atoms with E-state index < -0.39 is 6.10 Å². The van der Waals surface area contributed by atoms with E-state index in [0.717, 1.165) is 6.42 Å². The zero-order chi connectivity index (χ0) is 16.7. The summed E-state index contributed by atoms with van der Waals surface area (Å²) < 4.78 is 23.6. The van der Waals surface area contributed by atoms with Crippen LogP contribution in [-0.4, -0.2) is 23.7 Å². The van der Waals surface area contributed by atoms with Crippen molar-refractivity contribution in [3.63, 3.8) is 0 Å². The molecule has 124 valence electrons. The summed E-state index contributed by atoms with van der Waals surface area (Å²) in [4.78, 5) is 11.9. The van der Waals surface area contributed by atoms with Gasteiger partial charge in [0, 0.05) is 6.54 Å². The summed E-state index contributed by atoms with van der Waals surface area (Å²) in [6.45, 7) is 2.29. The molecule has 5 nitrogen and oxygen atoms in total. The maximum Gasteiger partial charge on any atom is 0.287 e. The van der Waals surface area contributed by atoms with Crippen molar-refractivity contribution in [1.29, 1.82) is 0 Å². The average molecular weight is 321 g/mol. The molecule has 0 radical (unpaired) electrons. The van der Waals surface area contributed by atoms with Crippen LogP contribution in [0.2, 0.25) is 0 Å². The third-order valence-corrected chi connectivity index (χ3v) is 3.20. The lowest BCUT2D eigenvalue weighted by molar-refractivity contribution is 0.0879. The lowest BCUT2D eigenvalue weighted by Gasteiger charge is -2.09. The van der Waals surface area contributed by atoms with Crippen molar-refractivity contribution in [3.05, 3.63) is 53.7 Å². The Balaban J connectivity index is 1.82. The molecule has 0 aliphatic rings. The van der Waals surface area contributed by atoms with E-state index in [0.29, 0.717) is 17.9 Å². The van der Waals surface area contributed by atoms with E-state index in [1.165, 1.54) is 24.3 Å². The Labute approximate surface area is 134 Å². The van der Waals surface area contributed by atoms with Crippen LogP contribution >= 0.6 is 0 Å². The van der Waals surface area contributed by atoms with E-state index in [4.69, 9.17) is 9.15 Å². The number of carbonyl (C=O) groups excluding carboxylic acids is 1. The smallest absolute Gasteiger partial charge is 0.287 e. The summed E-state index contributed by atoms with van der Waals surface area (Å²) in [5.41, 5.74) is 0. The van der Waals surface area contributed by atoms with Gasteiger partial charge >= 0.3 is 0 Å². The monoisotopic (exact) mass is 321 g/mol. The van der Waals surface area contributed by atoms with Crippen molar-refractivity contribution < 1.29 is 23.4 Å². The van der Waals surface area contributed by atoms with Crippen LogP contribution in [0.3, 0.4) is 0 Å². The highest BCUT2D eigenvalue weighted by atomic mass is 19.1. The van der Waals surface area contributed by atoms with Gasteiger partial charge in [-0.1, -0.05) is 13.3 Å². The standard InChI is InChI=1S/C17H20FNO4/c1-2-3-13(20)10-19-17(21)16-9-8-15(23-16)11-22-14-6-4-12(18)5-7-14/h4-9,13,20H,2-3,10-11H2,1H3,(H,19,21). The molecule has 0 bridgehead atoms. The molecule has 1 unspecified atom stereocenters. The molecular weight excluding hydrogens is 301 g/mol. The van der Waals surface area contributed by atoms with Gasteiger partial charge < -0.3 is 19.6 Å². The van der Waals surface area contributed by atoms with E-state index in [9.17, 15) is 14.3 Å². The molecule has 23 heavy (non-hydrogen) atoms. The second-order valence-electron chi connectivity index (χ2n) is 5.16. The molecule has 1 heterocycles. The maximum absolute atomic E-state index is 12.8. The van der Waals surface area contributed by atoms with E-state index >= 15 is 0 Å². The molecule has 1 aromatic heterocycles. The number of halogens is 1. The van der Waals surface area contributed by atoms with Gasteiger partial charge in [-0.3, -0.25) is 4.79 Å². The number of aliphatic hydroxyl groups excluding tert-OH is 1. The molecule has 1 aromatic carbocycles. The number of nitrogens with one attached hydrogen (secondary N) is 1. The minimum atomic E-state index is -0.555. The summed E-state index contributed by atoms with van der Waals surface area (Å²) >= 11 is 0. The summed E-state index contributed by atoms with van der Waals surface area (Å²) in [5, 5.41) is 12.2. The highest BCUT2D eigenvalue weighted by Gasteiger charge is 2.13. The number of benzene rings is 1. The fourth-order valence-electron chi connectivity index (χ4n) is 2.00. The zero-order valence-corrected chi connectivity index (χ0v) is 12.9. The first-order valence-electron chi connectivity index (χ1n) is 7.52. The summed E-state index contributed by atoms with van der Waals surface area (Å²) in [5.74, 6) is 0.434. The largest absolute Gasteiger partial charge is 0.486 e. The van der Waals surface area contributed by atoms with Crippen LogP contribution in [0, 0.1) is 5.82 Å². The number of hydrogen-bond donors (Lipinski definition) is 2. The lowest BCUT2D eigenvalue weighted by atomic mass is 10.2. The topological polar surface area (TPSA) is 71.7 Å². The predicted octanol–water partition coefficient (Wildman–Crippen LogP) is 2.89. The summed E-state index contributed by atoms with van der Waals surface area (Å²) in [7, 11) is 0. The number of carbonyl (C=O) groups is 1. The molecule has 2 rings (SSSR count). The van der Waals surface area contributed by atoms with E-state index in [1.54, 1.807) is 12.1 Å². The fourth-order valence-corrected chi connectivity index (χ4v) is 2.00. The first-order valence-corrected chi connectivity index (χ1v) is 7.52. The first-order chi connectivity index (χ1) is 11.1. The molecule has 0 saturated heterocycles. The van der Waals surface area contributed by atoms with Gasteiger partial charge in [-0.15, -0.1) is 0 Å². The van der Waals surface area contributed by atoms with Crippen LogP contribution in [-0.2, 0) is 6.61 Å². The van der Waals surface area contributed by atoms with Crippen LogP contribution in [0.4, 0.5) is 4.39 Å². The highest BCUT2D eigenvalue weighted by Crippen LogP contribution is 2.15. The van der Waals surface area contributed by atoms with E-state index in [-0.39, 0.29) is 30.6 Å². The SMILES string of the molecule is CCCC(O)CNC(=O)c1ccc(COc2ccc(F)cc2)o1. The quantitative estimate of drug-likeness (QED) is 0.784. The van der Waals surface area contributed by atoms with Crippen molar-refractivity contribution in [3.8, 4) is 5.75 Å². The molecule has 1 atom stereocenters. The second-order valence-corrected chi connectivity index (χ2v) is 5.16. The minimum absolute atomic E-state index is 0.136. The number of ether oxygens (including phenoxy) is 1. The Kier molecular flexibility index (Phi) is 6.17. The van der Waals surface area contributed by atoms with Crippen molar-refractivity contribution >= 4 is 5.91 Å². The fraction of sp³-hybridized carbons (Fsp3) is 0.353. The molecule has 6 heteroatoms. The Morgan fingerprint density at radius 2 is 2.04 bits per heavy atom. The van der Waals surface area contributed by atoms with Gasteiger partial charge in [0.15, 0.2) is 5.76 Å². The minimum Gasteiger partial charge on any atom is -0.486 e. The van der Waals surface area contributed by atoms with Gasteiger partial charge in [0.25, 0.3) is 5.91 Å². The molecule has 1 amide bonds. The zero-order valence-electron chi connectivity index (χ0n) is 12.9. The number of rotatable bonds is 8. The third kappa shape index (κ3) is 5.41. The molecule has 0 fully saturated rings. The van der Waals surface area contributed by atoms with Crippen molar-refractivity contribution in [2.75, 3.05) is 6.54 Å². The molecule has 2 aromatic rings. The Hall–Kier alpha value is -2.34. The van der Waals surface area contributed by atoms with Crippen molar-refractivity contribution in [1.82, 2.24) is 5.32 Å². The second kappa shape index (κ2) is 8.33. The molecular formula is C17H20FNO4. The van der Waals surface area contributed by atoms with Gasteiger partial charge in [0.05, 0.1) is 6.10 Å². The molecule has 0 aliphatic heterocycles. The van der Waals surface area contributed by atoms with E-state index in [1.807, 2.05) is 6.92 Å². The van der Waals surface area contributed by atoms with Crippen LogP contribution < -0.4 is 10.1 Å². The lowest BCUT2D eigenvalue weighted by Crippen LogP contribution is -2.31. The predicted molar refractivity (Wildman–Crippen MR) is 82.7 cm³/mol. The molecule has 0 spiro atoms. The molecule has 0 saturated carbocycles. The number of aliphatic hydroxyl groups is 1. The number of hydrogen-bond acceptors (Lipinski definition) is 4. The van der Waals surface area contributed by atoms with Crippen molar-refractivity contribution in [2.24, 2.45) is 0 Å². The third-order valence-electron chi connectivity index (χ3n) is 3.20. The van der Waals surface area contributed by atoms with Gasteiger partial charge in [0.2, 0.25) is 0 Å². The summed E-state index contributed by atoms with van der Waals surface area (Å²) in [6.07, 6.45) is 0.929. The first kappa shape index (κ1) is 17.0. The Bertz CT molecular complexity index is 624. The molecule has 2 N–H and O–H groups in total. The normalized spacial score (nSPS) is 12.0. The van der Waals surface area contributed by atoms with E-state index in [2.05, 4.69) is 5.32 Å².